The second-order valence-corrected chi connectivity index (χ2v) is 5.78. The Labute approximate surface area is 147 Å². The molecule has 0 fully saturated rings. The first kappa shape index (κ1) is 17.3. The van der Waals surface area contributed by atoms with Gasteiger partial charge in [0.05, 0.1) is 17.1 Å². The number of halogens is 1. The van der Waals surface area contributed by atoms with Crippen molar-refractivity contribution < 1.29 is 9.50 Å². The Morgan fingerprint density at radius 3 is 2.42 bits per heavy atom. The number of hydrogen-bond acceptors (Lipinski definition) is 4. The minimum atomic E-state index is -0.798. The number of aromatic hydroxyl groups is 1. The van der Waals surface area contributed by atoms with Crippen molar-refractivity contribution in [3.05, 3.63) is 86.3 Å². The fourth-order valence-corrected chi connectivity index (χ4v) is 2.56. The first-order valence-corrected chi connectivity index (χ1v) is 7.84. The number of aryl methyl sites for hydroxylation is 1. The summed E-state index contributed by atoms with van der Waals surface area (Å²) in [4.78, 5) is 30.6. The lowest BCUT2D eigenvalue weighted by molar-refractivity contribution is 0.429. The third-order valence-electron chi connectivity index (χ3n) is 3.88. The van der Waals surface area contributed by atoms with Crippen molar-refractivity contribution in [2.24, 2.45) is 4.99 Å². The summed E-state index contributed by atoms with van der Waals surface area (Å²) >= 11 is 0. The second kappa shape index (κ2) is 6.79. The van der Waals surface area contributed by atoms with Crippen LogP contribution in [0.15, 0.2) is 63.1 Å². The molecule has 1 heterocycles. The van der Waals surface area contributed by atoms with Crippen LogP contribution in [0.3, 0.4) is 0 Å². The summed E-state index contributed by atoms with van der Waals surface area (Å²) in [6.07, 6.45) is 0. The number of aromatic nitrogens is 2. The first-order chi connectivity index (χ1) is 12.4. The molecule has 0 spiro atoms. The number of nitrogens with zero attached hydrogens (tertiary/aromatic N) is 2. The highest BCUT2D eigenvalue weighted by Crippen LogP contribution is 2.21. The minimum absolute atomic E-state index is 0.0249. The van der Waals surface area contributed by atoms with E-state index in [-0.39, 0.29) is 17.0 Å². The average molecular weight is 353 g/mol. The third kappa shape index (κ3) is 3.19. The zero-order chi connectivity index (χ0) is 18.8. The molecule has 2 N–H and O–H groups in total. The van der Waals surface area contributed by atoms with Crippen LogP contribution in [0.5, 0.6) is 5.88 Å². The number of benzene rings is 2. The van der Waals surface area contributed by atoms with Crippen LogP contribution in [-0.4, -0.2) is 20.4 Å². The van der Waals surface area contributed by atoms with Crippen LogP contribution in [0.1, 0.15) is 18.1 Å². The Kier molecular flexibility index (Phi) is 4.53. The topological polar surface area (TPSA) is 87.4 Å². The predicted molar refractivity (Wildman–Crippen MR) is 97.3 cm³/mol. The van der Waals surface area contributed by atoms with Gasteiger partial charge >= 0.3 is 5.69 Å². The van der Waals surface area contributed by atoms with Crippen LogP contribution in [-0.2, 0) is 0 Å². The van der Waals surface area contributed by atoms with Crippen molar-refractivity contribution in [2.45, 2.75) is 13.8 Å². The number of aliphatic imine (C=N–C) groups is 1. The maximum absolute atomic E-state index is 13.8. The van der Waals surface area contributed by atoms with Gasteiger partial charge in [-0.3, -0.25) is 9.78 Å². The van der Waals surface area contributed by atoms with Gasteiger partial charge in [-0.2, -0.15) is 0 Å². The molecule has 0 aliphatic carbocycles. The van der Waals surface area contributed by atoms with E-state index in [2.05, 4.69) is 9.98 Å². The van der Waals surface area contributed by atoms with Gasteiger partial charge in [0.1, 0.15) is 11.4 Å². The van der Waals surface area contributed by atoms with Crippen LogP contribution in [0.2, 0.25) is 0 Å². The van der Waals surface area contributed by atoms with Gasteiger partial charge in [0.25, 0.3) is 5.56 Å². The molecule has 7 heteroatoms. The SMILES string of the molecule is CC(=Nc1ccccc1F)c1c(O)n(-c2ccc(C)cc2)c(=O)[nH]c1=O. The van der Waals surface area contributed by atoms with Crippen LogP contribution in [0.25, 0.3) is 5.69 Å². The molecule has 3 rings (SSSR count). The summed E-state index contributed by atoms with van der Waals surface area (Å²) in [5, 5.41) is 10.6. The summed E-state index contributed by atoms with van der Waals surface area (Å²) in [5.41, 5.74) is -0.315. The number of rotatable bonds is 3. The van der Waals surface area contributed by atoms with E-state index < -0.39 is 22.9 Å². The van der Waals surface area contributed by atoms with E-state index in [1.54, 1.807) is 30.3 Å². The van der Waals surface area contributed by atoms with Gasteiger partial charge in [-0.1, -0.05) is 29.8 Å². The van der Waals surface area contributed by atoms with Crippen LogP contribution < -0.4 is 11.2 Å². The Morgan fingerprint density at radius 1 is 1.12 bits per heavy atom. The Bertz CT molecular complexity index is 1110. The molecular formula is C19H16FN3O3. The highest BCUT2D eigenvalue weighted by molar-refractivity contribution is 6.01. The van der Waals surface area contributed by atoms with Crippen molar-refractivity contribution in [1.29, 1.82) is 0 Å². The van der Waals surface area contributed by atoms with Crippen molar-refractivity contribution in [2.75, 3.05) is 0 Å². The van der Waals surface area contributed by atoms with E-state index in [0.717, 1.165) is 10.1 Å². The Hall–Kier alpha value is -3.48. The fourth-order valence-electron chi connectivity index (χ4n) is 2.56. The van der Waals surface area contributed by atoms with Crippen LogP contribution in [0.4, 0.5) is 10.1 Å². The molecule has 0 aliphatic rings. The van der Waals surface area contributed by atoms with E-state index in [0.29, 0.717) is 5.69 Å². The number of para-hydroxylation sites is 1. The molecule has 0 atom stereocenters. The molecule has 26 heavy (non-hydrogen) atoms. The van der Waals surface area contributed by atoms with Crippen molar-refractivity contribution in [1.82, 2.24) is 9.55 Å². The lowest BCUT2D eigenvalue weighted by Gasteiger charge is -2.11. The summed E-state index contributed by atoms with van der Waals surface area (Å²) in [7, 11) is 0. The lowest BCUT2D eigenvalue weighted by atomic mass is 10.2. The minimum Gasteiger partial charge on any atom is -0.493 e. The van der Waals surface area contributed by atoms with Gasteiger partial charge in [0.2, 0.25) is 5.88 Å². The molecule has 0 amide bonds. The maximum atomic E-state index is 13.8. The average Bonchev–Trinajstić information content (AvgIpc) is 2.58. The largest absolute Gasteiger partial charge is 0.493 e. The van der Waals surface area contributed by atoms with Gasteiger partial charge < -0.3 is 5.11 Å². The predicted octanol–water partition coefficient (Wildman–Crippen LogP) is 2.82. The molecule has 0 saturated carbocycles. The summed E-state index contributed by atoms with van der Waals surface area (Å²) < 4.78 is 14.8. The van der Waals surface area contributed by atoms with Crippen LogP contribution >= 0.6 is 0 Å². The van der Waals surface area contributed by atoms with Crippen LogP contribution in [0, 0.1) is 12.7 Å². The molecule has 0 unspecified atom stereocenters. The molecule has 6 nitrogen and oxygen atoms in total. The highest BCUT2D eigenvalue weighted by Gasteiger charge is 2.18. The Morgan fingerprint density at radius 2 is 1.77 bits per heavy atom. The number of H-pyrrole nitrogens is 1. The number of nitrogens with one attached hydrogen (secondary N) is 1. The van der Waals surface area contributed by atoms with Gasteiger partial charge in [-0.05, 0) is 38.1 Å². The van der Waals surface area contributed by atoms with E-state index in [1.807, 2.05) is 6.92 Å². The molecule has 0 radical (unpaired) electrons. The lowest BCUT2D eigenvalue weighted by Crippen LogP contribution is -2.32. The number of aromatic amines is 1. The zero-order valence-electron chi connectivity index (χ0n) is 14.2. The van der Waals surface area contributed by atoms with Gasteiger partial charge in [-0.15, -0.1) is 0 Å². The molecule has 1 aromatic heterocycles. The van der Waals surface area contributed by atoms with Gasteiger partial charge in [0, 0.05) is 0 Å². The molecule has 2 aromatic carbocycles. The van der Waals surface area contributed by atoms with Crippen molar-refractivity contribution in [3.8, 4) is 11.6 Å². The van der Waals surface area contributed by atoms with Crippen molar-refractivity contribution in [3.63, 3.8) is 0 Å². The maximum Gasteiger partial charge on any atom is 0.335 e. The second-order valence-electron chi connectivity index (χ2n) is 5.78. The normalized spacial score (nSPS) is 11.6. The fraction of sp³-hybridized carbons (Fsp3) is 0.105. The summed E-state index contributed by atoms with van der Waals surface area (Å²) in [6.45, 7) is 3.34. The molecule has 0 saturated heterocycles. The molecular weight excluding hydrogens is 337 g/mol. The van der Waals surface area contributed by atoms with E-state index in [9.17, 15) is 19.1 Å². The highest BCUT2D eigenvalue weighted by atomic mass is 19.1. The van der Waals surface area contributed by atoms with E-state index >= 15 is 0 Å². The monoisotopic (exact) mass is 353 g/mol. The number of hydrogen-bond donors (Lipinski definition) is 2. The van der Waals surface area contributed by atoms with E-state index in [1.165, 1.54) is 25.1 Å². The third-order valence-corrected chi connectivity index (χ3v) is 3.88. The smallest absolute Gasteiger partial charge is 0.335 e. The standard InChI is InChI=1S/C19H16FN3O3/c1-11-7-9-13(10-8-11)23-18(25)16(17(24)22-19(23)26)12(2)21-15-6-4-3-5-14(15)20/h3-10,25H,1-2H3,(H,22,24,26). The molecule has 0 bridgehead atoms. The molecule has 132 valence electrons. The first-order valence-electron chi connectivity index (χ1n) is 7.84. The van der Waals surface area contributed by atoms with Gasteiger partial charge in [-0.25, -0.2) is 18.7 Å². The summed E-state index contributed by atoms with van der Waals surface area (Å²) in [5.74, 6) is -1.12. The molecule has 0 aliphatic heterocycles. The zero-order valence-corrected chi connectivity index (χ0v) is 14.2. The van der Waals surface area contributed by atoms with Gasteiger partial charge in [0.15, 0.2) is 0 Å². The van der Waals surface area contributed by atoms with Crippen molar-refractivity contribution >= 4 is 11.4 Å². The Balaban J connectivity index is 2.21. The summed E-state index contributed by atoms with van der Waals surface area (Å²) in [6, 6.07) is 12.6. The quantitative estimate of drug-likeness (QED) is 0.710. The molecule has 3 aromatic rings. The van der Waals surface area contributed by atoms with E-state index in [4.69, 9.17) is 0 Å².